The summed E-state index contributed by atoms with van der Waals surface area (Å²) >= 11 is 0. The molecule has 1 aliphatic carbocycles. The van der Waals surface area contributed by atoms with Gasteiger partial charge in [0.1, 0.15) is 5.75 Å². The highest BCUT2D eigenvalue weighted by Gasteiger charge is 2.31. The summed E-state index contributed by atoms with van der Waals surface area (Å²) in [6, 6.07) is 23.7. The van der Waals surface area contributed by atoms with Gasteiger partial charge in [0.15, 0.2) is 5.60 Å². The molecule has 3 aromatic rings. The number of aliphatic carboxylic acids is 1. The van der Waals surface area contributed by atoms with Crippen LogP contribution in [0, 0.1) is 0 Å². The van der Waals surface area contributed by atoms with Crippen molar-refractivity contribution in [2.45, 2.75) is 63.6 Å². The largest absolute Gasteiger partial charge is 0.478 e. The van der Waals surface area contributed by atoms with Gasteiger partial charge in [0.25, 0.3) is 0 Å². The van der Waals surface area contributed by atoms with Crippen molar-refractivity contribution in [2.75, 3.05) is 0 Å². The number of hydrogen-bond donors (Lipinski definition) is 2. The van der Waals surface area contributed by atoms with Gasteiger partial charge in [-0.05, 0) is 80.0 Å². The number of hydrogen-bond acceptors (Lipinski definition) is 3. The fourth-order valence-electron chi connectivity index (χ4n) is 4.68. The third-order valence-electron chi connectivity index (χ3n) is 6.43. The highest BCUT2D eigenvalue weighted by molar-refractivity contribution is 5.86. The Kier molecular flexibility index (Phi) is 7.47. The van der Waals surface area contributed by atoms with Crippen LogP contribution in [-0.4, -0.2) is 22.7 Å². The lowest BCUT2D eigenvalue weighted by Gasteiger charge is -2.23. The maximum atomic E-state index is 11.4. The summed E-state index contributed by atoms with van der Waals surface area (Å²) in [6.45, 7) is 5.40. The quantitative estimate of drug-likeness (QED) is 0.429. The van der Waals surface area contributed by atoms with Crippen LogP contribution in [0.25, 0.3) is 10.8 Å². The van der Waals surface area contributed by atoms with Crippen LogP contribution in [0.1, 0.15) is 63.1 Å². The fraction of sp³-hybridized carbons (Fsp3) is 0.370. The van der Waals surface area contributed by atoms with Crippen molar-refractivity contribution < 1.29 is 14.6 Å². The Bertz CT molecular complexity index is 1080. The third kappa shape index (κ3) is 5.25. The molecule has 0 bridgehead atoms. The molecule has 0 heterocycles. The smallest absolute Gasteiger partial charge is 0.347 e. The van der Waals surface area contributed by atoms with E-state index >= 15 is 0 Å². The van der Waals surface area contributed by atoms with Crippen LogP contribution in [0.3, 0.4) is 0 Å². The number of carboxylic acids is 1. The molecule has 4 rings (SSSR count). The summed E-state index contributed by atoms with van der Waals surface area (Å²) in [7, 11) is 0. The first kappa shape index (κ1) is 24.1. The normalized spacial score (nSPS) is 19.3. The molecule has 3 atom stereocenters. The Morgan fingerprint density at radius 2 is 1.78 bits per heavy atom. The van der Waals surface area contributed by atoms with Gasteiger partial charge in [-0.25, -0.2) is 4.79 Å². The number of ether oxygens (including phenoxy) is 1. The van der Waals surface area contributed by atoms with E-state index in [9.17, 15) is 9.90 Å². The zero-order valence-electron chi connectivity index (χ0n) is 18.9. The summed E-state index contributed by atoms with van der Waals surface area (Å²) in [5, 5.41) is 15.8. The molecule has 0 radical (unpaired) electrons. The van der Waals surface area contributed by atoms with Crippen LogP contribution in [0.4, 0.5) is 0 Å². The fourth-order valence-corrected chi connectivity index (χ4v) is 4.68. The molecule has 32 heavy (non-hydrogen) atoms. The van der Waals surface area contributed by atoms with Gasteiger partial charge < -0.3 is 15.2 Å². The summed E-state index contributed by atoms with van der Waals surface area (Å²) in [6.07, 6.45) is 3.32. The number of rotatable bonds is 7. The van der Waals surface area contributed by atoms with E-state index in [0.717, 1.165) is 19.3 Å². The van der Waals surface area contributed by atoms with Crippen LogP contribution in [0.15, 0.2) is 66.7 Å². The summed E-state index contributed by atoms with van der Waals surface area (Å²) in [4.78, 5) is 11.4. The van der Waals surface area contributed by atoms with Gasteiger partial charge in [-0.15, -0.1) is 12.4 Å². The first-order valence-corrected chi connectivity index (χ1v) is 11.1. The van der Waals surface area contributed by atoms with Crippen LogP contribution in [0.2, 0.25) is 0 Å². The summed E-state index contributed by atoms with van der Waals surface area (Å²) < 4.78 is 5.74. The van der Waals surface area contributed by atoms with E-state index < -0.39 is 11.6 Å². The molecule has 0 aromatic heterocycles. The van der Waals surface area contributed by atoms with Crippen molar-refractivity contribution in [1.82, 2.24) is 5.32 Å². The standard InChI is InChI=1S/C27H31NO3.ClH/c1-18(24-13-7-9-19-8-4-5-12-25(19)24)28-22-15-14-21(16-22)20-10-6-11-23(17-20)31-27(2,3)26(29)30;/h4-13,17-18,21-22,28H,14-16H2,1-3H3,(H,29,30);1H/t18-,21-,22+;/m1./s1. The molecule has 0 amide bonds. The molecular formula is C27H32ClNO3. The van der Waals surface area contributed by atoms with Gasteiger partial charge in [-0.2, -0.15) is 0 Å². The maximum Gasteiger partial charge on any atom is 0.347 e. The average molecular weight is 454 g/mol. The van der Waals surface area contributed by atoms with Crippen molar-refractivity contribution >= 4 is 29.1 Å². The lowest BCUT2D eigenvalue weighted by molar-refractivity contribution is -0.152. The van der Waals surface area contributed by atoms with Gasteiger partial charge in [0.2, 0.25) is 0 Å². The number of benzene rings is 3. The summed E-state index contributed by atoms with van der Waals surface area (Å²) in [5.74, 6) is 0.101. The highest BCUT2D eigenvalue weighted by Crippen LogP contribution is 2.37. The second kappa shape index (κ2) is 9.93. The van der Waals surface area contributed by atoms with Gasteiger partial charge in [-0.3, -0.25) is 0 Å². The van der Waals surface area contributed by atoms with Crippen molar-refractivity contribution in [2.24, 2.45) is 0 Å². The first-order valence-electron chi connectivity index (χ1n) is 11.1. The van der Waals surface area contributed by atoms with Crippen molar-refractivity contribution in [3.05, 3.63) is 77.9 Å². The third-order valence-corrected chi connectivity index (χ3v) is 6.43. The van der Waals surface area contributed by atoms with Crippen molar-refractivity contribution in [1.29, 1.82) is 0 Å². The molecule has 170 valence electrons. The van der Waals surface area contributed by atoms with Crippen LogP contribution >= 0.6 is 12.4 Å². The monoisotopic (exact) mass is 453 g/mol. The van der Waals surface area contributed by atoms with E-state index in [0.29, 0.717) is 17.7 Å². The SMILES string of the molecule is C[C@@H](N[C@H]1CC[C@@H](c2cccc(OC(C)(C)C(=O)O)c2)C1)c1cccc2ccccc12.Cl. The molecular weight excluding hydrogens is 422 g/mol. The van der Waals surface area contributed by atoms with E-state index in [1.807, 2.05) is 18.2 Å². The van der Waals surface area contributed by atoms with E-state index in [1.165, 1.54) is 21.9 Å². The number of fused-ring (bicyclic) bond motifs is 1. The van der Waals surface area contributed by atoms with Gasteiger partial charge in [0, 0.05) is 12.1 Å². The molecule has 0 saturated heterocycles. The molecule has 0 spiro atoms. The second-order valence-electron chi connectivity index (χ2n) is 9.15. The molecule has 5 heteroatoms. The van der Waals surface area contributed by atoms with E-state index in [4.69, 9.17) is 4.74 Å². The lowest BCUT2D eigenvalue weighted by atomic mass is 9.96. The molecule has 1 saturated carbocycles. The van der Waals surface area contributed by atoms with Gasteiger partial charge >= 0.3 is 5.97 Å². The predicted octanol–water partition coefficient (Wildman–Crippen LogP) is 6.49. The molecule has 4 nitrogen and oxygen atoms in total. The van der Waals surface area contributed by atoms with Crippen LogP contribution < -0.4 is 10.1 Å². The predicted molar refractivity (Wildman–Crippen MR) is 132 cm³/mol. The van der Waals surface area contributed by atoms with E-state index in [2.05, 4.69) is 60.8 Å². The average Bonchev–Trinajstić information content (AvgIpc) is 3.21. The van der Waals surface area contributed by atoms with Crippen LogP contribution in [-0.2, 0) is 4.79 Å². The topological polar surface area (TPSA) is 58.6 Å². The Morgan fingerprint density at radius 3 is 2.56 bits per heavy atom. The number of carbonyl (C=O) groups is 1. The number of carboxylic acid groups (broad SMARTS) is 1. The zero-order chi connectivity index (χ0) is 22.0. The first-order chi connectivity index (χ1) is 14.8. The maximum absolute atomic E-state index is 11.4. The number of halogens is 1. The van der Waals surface area contributed by atoms with Gasteiger partial charge in [-0.1, -0.05) is 54.6 Å². The number of nitrogens with one attached hydrogen (secondary N) is 1. The Labute approximate surface area is 196 Å². The molecule has 1 fully saturated rings. The summed E-state index contributed by atoms with van der Waals surface area (Å²) in [5.41, 5.74) is 1.32. The molecule has 2 N–H and O–H groups in total. The van der Waals surface area contributed by atoms with Crippen molar-refractivity contribution in [3.63, 3.8) is 0 Å². The molecule has 0 unspecified atom stereocenters. The second-order valence-corrected chi connectivity index (χ2v) is 9.15. The van der Waals surface area contributed by atoms with Crippen LogP contribution in [0.5, 0.6) is 5.75 Å². The zero-order valence-corrected chi connectivity index (χ0v) is 19.7. The Balaban J connectivity index is 0.00000289. The molecule has 3 aromatic carbocycles. The Hall–Kier alpha value is -2.56. The minimum atomic E-state index is -1.24. The molecule has 1 aliphatic rings. The Morgan fingerprint density at radius 1 is 1.06 bits per heavy atom. The van der Waals surface area contributed by atoms with E-state index in [1.54, 1.807) is 13.8 Å². The van der Waals surface area contributed by atoms with Gasteiger partial charge in [0.05, 0.1) is 0 Å². The highest BCUT2D eigenvalue weighted by atomic mass is 35.5. The lowest BCUT2D eigenvalue weighted by Crippen LogP contribution is -2.37. The minimum Gasteiger partial charge on any atom is -0.478 e. The van der Waals surface area contributed by atoms with E-state index in [-0.39, 0.29) is 18.4 Å². The van der Waals surface area contributed by atoms with Crippen molar-refractivity contribution in [3.8, 4) is 5.75 Å². The minimum absolute atomic E-state index is 0. The molecule has 0 aliphatic heterocycles.